The van der Waals surface area contributed by atoms with Crippen LogP contribution in [0.1, 0.15) is 32.8 Å². The predicted octanol–water partition coefficient (Wildman–Crippen LogP) is 5.26. The van der Waals surface area contributed by atoms with Gasteiger partial charge in [0.1, 0.15) is 23.2 Å². The van der Waals surface area contributed by atoms with E-state index >= 15 is 0 Å². The smallest absolute Gasteiger partial charge is 0.271 e. The number of carbonyl (C=O) groups is 1. The van der Waals surface area contributed by atoms with Crippen LogP contribution in [0.25, 0.3) is 23.0 Å². The van der Waals surface area contributed by atoms with Crippen molar-refractivity contribution in [3.8, 4) is 28.9 Å². The molecule has 9 heteroatoms. The number of aromatic hydroxyl groups is 1. The van der Waals surface area contributed by atoms with Crippen molar-refractivity contribution in [3.05, 3.63) is 129 Å². The summed E-state index contributed by atoms with van der Waals surface area (Å²) < 4.78 is 21.4. The molecule has 3 aromatic heterocycles. The number of nitrogens with zero attached hydrogens (tertiary/aromatic N) is 4. The summed E-state index contributed by atoms with van der Waals surface area (Å²) in [6.07, 6.45) is 5.91. The average Bonchev–Trinajstić information content (AvgIpc) is 3.61. The first-order valence-electron chi connectivity index (χ1n) is 11.9. The number of para-hydroxylation sites is 1. The minimum atomic E-state index is -0.729. The van der Waals surface area contributed by atoms with Gasteiger partial charge < -0.3 is 9.52 Å². The van der Waals surface area contributed by atoms with Crippen molar-refractivity contribution in [3.63, 3.8) is 0 Å². The normalized spacial score (nSPS) is 11.1. The van der Waals surface area contributed by atoms with Crippen molar-refractivity contribution in [2.24, 2.45) is 0 Å². The van der Waals surface area contributed by atoms with Gasteiger partial charge in [0, 0.05) is 17.3 Å². The summed E-state index contributed by atoms with van der Waals surface area (Å²) in [7, 11) is 0. The van der Waals surface area contributed by atoms with Gasteiger partial charge in [0.05, 0.1) is 29.8 Å². The van der Waals surface area contributed by atoms with Crippen molar-refractivity contribution in [2.45, 2.75) is 13.5 Å². The number of carbonyl (C=O) groups excluding carboxylic acids is 1. The molecule has 5 rings (SSSR count). The number of hydrogen-bond donors (Lipinski definition) is 1. The molecular weight excluding hydrogens is 499 g/mol. The van der Waals surface area contributed by atoms with Crippen LogP contribution in [0.5, 0.6) is 5.88 Å². The third-order valence-electron chi connectivity index (χ3n) is 6.24. The standard InChI is InChI=1S/C30H21FN4O4/c1-19-25(16-32)29(37)34(18-24-8-5-15-39-24)30(38)27(19)26(36)14-11-21-17-35(23-6-3-2-4-7-23)33-28(21)20-9-12-22(31)13-10-20/h2-15,17,38H,18H2,1H3/b14-11+. The lowest BCUT2D eigenvalue weighted by atomic mass is 10.0. The van der Waals surface area contributed by atoms with E-state index in [1.807, 2.05) is 36.4 Å². The zero-order valence-corrected chi connectivity index (χ0v) is 20.7. The Morgan fingerprint density at radius 2 is 1.87 bits per heavy atom. The Kier molecular flexibility index (Phi) is 6.76. The predicted molar refractivity (Wildman–Crippen MR) is 142 cm³/mol. The molecule has 0 spiro atoms. The Labute approximate surface area is 222 Å². The highest BCUT2D eigenvalue weighted by atomic mass is 19.1. The number of ketones is 1. The van der Waals surface area contributed by atoms with Crippen LogP contribution in [0.4, 0.5) is 4.39 Å². The Morgan fingerprint density at radius 1 is 1.13 bits per heavy atom. The van der Waals surface area contributed by atoms with E-state index in [2.05, 4.69) is 5.10 Å². The first-order valence-corrected chi connectivity index (χ1v) is 11.9. The summed E-state index contributed by atoms with van der Waals surface area (Å²) in [5.74, 6) is -1.21. The van der Waals surface area contributed by atoms with Crippen molar-refractivity contribution in [1.29, 1.82) is 5.26 Å². The molecule has 0 fully saturated rings. The van der Waals surface area contributed by atoms with Crippen molar-refractivity contribution in [1.82, 2.24) is 14.3 Å². The van der Waals surface area contributed by atoms with E-state index in [1.54, 1.807) is 35.1 Å². The number of pyridine rings is 1. The molecule has 3 heterocycles. The van der Waals surface area contributed by atoms with Gasteiger partial charge in [0.2, 0.25) is 5.88 Å². The molecule has 0 aliphatic heterocycles. The lowest BCUT2D eigenvalue weighted by Gasteiger charge is -2.13. The van der Waals surface area contributed by atoms with E-state index in [1.165, 1.54) is 37.5 Å². The zero-order valence-electron chi connectivity index (χ0n) is 20.7. The highest BCUT2D eigenvalue weighted by Gasteiger charge is 2.23. The van der Waals surface area contributed by atoms with Crippen LogP contribution >= 0.6 is 0 Å². The van der Waals surface area contributed by atoms with Gasteiger partial charge in [-0.1, -0.05) is 18.2 Å². The molecule has 0 atom stereocenters. The summed E-state index contributed by atoms with van der Waals surface area (Å²) >= 11 is 0. The number of rotatable bonds is 7. The topological polar surface area (TPSA) is 114 Å². The van der Waals surface area contributed by atoms with E-state index in [0.29, 0.717) is 22.6 Å². The highest BCUT2D eigenvalue weighted by Crippen LogP contribution is 2.27. The molecule has 0 aliphatic carbocycles. The van der Waals surface area contributed by atoms with E-state index in [0.717, 1.165) is 10.3 Å². The number of nitriles is 1. The van der Waals surface area contributed by atoms with Crippen LogP contribution in [0, 0.1) is 24.1 Å². The summed E-state index contributed by atoms with van der Waals surface area (Å²) in [5, 5.41) is 25.2. The number of furan rings is 1. The van der Waals surface area contributed by atoms with Gasteiger partial charge in [-0.15, -0.1) is 0 Å². The Morgan fingerprint density at radius 3 is 2.54 bits per heavy atom. The molecule has 0 bridgehead atoms. The number of aromatic nitrogens is 3. The molecule has 39 heavy (non-hydrogen) atoms. The zero-order chi connectivity index (χ0) is 27.5. The van der Waals surface area contributed by atoms with Crippen LogP contribution in [0.15, 0.2) is 94.5 Å². The molecule has 8 nitrogen and oxygen atoms in total. The average molecular weight is 521 g/mol. The molecule has 2 aromatic carbocycles. The first kappa shape index (κ1) is 25.2. The third-order valence-corrected chi connectivity index (χ3v) is 6.24. The van der Waals surface area contributed by atoms with Crippen molar-refractivity contribution in [2.75, 3.05) is 0 Å². The second-order valence-corrected chi connectivity index (χ2v) is 8.70. The monoisotopic (exact) mass is 520 g/mol. The maximum atomic E-state index is 13.6. The maximum Gasteiger partial charge on any atom is 0.271 e. The Bertz CT molecular complexity index is 1790. The maximum absolute atomic E-state index is 13.6. The van der Waals surface area contributed by atoms with Gasteiger partial charge in [-0.25, -0.2) is 9.07 Å². The van der Waals surface area contributed by atoms with Crippen LogP contribution in [-0.4, -0.2) is 25.2 Å². The molecular formula is C30H21FN4O4. The quantitative estimate of drug-likeness (QED) is 0.231. The van der Waals surface area contributed by atoms with E-state index in [-0.39, 0.29) is 23.2 Å². The summed E-state index contributed by atoms with van der Waals surface area (Å²) in [5.41, 5.74) is 1.40. The second-order valence-electron chi connectivity index (χ2n) is 8.70. The van der Waals surface area contributed by atoms with E-state index in [9.17, 15) is 24.3 Å². The Balaban J connectivity index is 1.58. The SMILES string of the molecule is Cc1c(C(=O)/C=C/c2cn(-c3ccccc3)nc2-c2ccc(F)cc2)c(O)n(Cc2ccco2)c(=O)c1C#N. The number of benzene rings is 2. The molecule has 0 saturated carbocycles. The number of halogens is 1. The molecule has 0 saturated heterocycles. The van der Waals surface area contributed by atoms with E-state index < -0.39 is 23.0 Å². The summed E-state index contributed by atoms with van der Waals surface area (Å²) in [4.78, 5) is 26.2. The van der Waals surface area contributed by atoms with Gasteiger partial charge in [0.15, 0.2) is 5.78 Å². The number of allylic oxidation sites excluding steroid dienone is 1. The van der Waals surface area contributed by atoms with Gasteiger partial charge in [-0.05, 0) is 73.2 Å². The van der Waals surface area contributed by atoms with Crippen LogP contribution in [0.3, 0.4) is 0 Å². The van der Waals surface area contributed by atoms with Crippen LogP contribution in [0.2, 0.25) is 0 Å². The lowest BCUT2D eigenvalue weighted by Crippen LogP contribution is -2.26. The van der Waals surface area contributed by atoms with Gasteiger partial charge in [-0.2, -0.15) is 10.4 Å². The van der Waals surface area contributed by atoms with Crippen LogP contribution < -0.4 is 5.56 Å². The first-order chi connectivity index (χ1) is 18.9. The summed E-state index contributed by atoms with van der Waals surface area (Å²) in [6, 6.07) is 20.2. The van der Waals surface area contributed by atoms with Crippen molar-refractivity contribution >= 4 is 11.9 Å². The number of hydrogen-bond acceptors (Lipinski definition) is 6. The van der Waals surface area contributed by atoms with E-state index in [4.69, 9.17) is 4.42 Å². The lowest BCUT2D eigenvalue weighted by molar-refractivity contribution is 0.104. The van der Waals surface area contributed by atoms with Gasteiger partial charge in [0.25, 0.3) is 5.56 Å². The molecule has 0 amide bonds. The molecule has 0 unspecified atom stereocenters. The highest BCUT2D eigenvalue weighted by molar-refractivity contribution is 6.09. The minimum absolute atomic E-state index is 0.0732. The third kappa shape index (κ3) is 4.91. The van der Waals surface area contributed by atoms with Gasteiger partial charge in [-0.3, -0.25) is 14.2 Å². The molecule has 0 aliphatic rings. The van der Waals surface area contributed by atoms with Crippen molar-refractivity contribution < 1.29 is 18.7 Å². The largest absolute Gasteiger partial charge is 0.494 e. The summed E-state index contributed by atoms with van der Waals surface area (Å²) in [6.45, 7) is 1.28. The molecule has 1 N–H and O–H groups in total. The molecule has 0 radical (unpaired) electrons. The Hall–Kier alpha value is -5.49. The fourth-order valence-electron chi connectivity index (χ4n) is 4.25. The molecule has 192 valence electrons. The fourth-order valence-corrected chi connectivity index (χ4v) is 4.25. The minimum Gasteiger partial charge on any atom is -0.494 e. The van der Waals surface area contributed by atoms with Gasteiger partial charge >= 0.3 is 0 Å². The fraction of sp³-hybridized carbons (Fsp3) is 0.0667. The second kappa shape index (κ2) is 10.5. The van der Waals surface area contributed by atoms with Crippen LogP contribution in [-0.2, 0) is 6.54 Å². The molecule has 5 aromatic rings.